The molecule has 1 amide bonds. The van der Waals surface area contributed by atoms with E-state index in [-0.39, 0.29) is 5.91 Å². The minimum atomic E-state index is -0.101. The van der Waals surface area contributed by atoms with Crippen molar-refractivity contribution in [3.05, 3.63) is 41.0 Å². The van der Waals surface area contributed by atoms with Gasteiger partial charge in [-0.15, -0.1) is 11.3 Å². The number of nitrogens with one attached hydrogen (secondary N) is 3. The second-order valence-corrected chi connectivity index (χ2v) is 6.35. The molecule has 2 aromatic heterocycles. The zero-order valence-electron chi connectivity index (χ0n) is 14.2. The molecule has 3 rings (SSSR count). The van der Waals surface area contributed by atoms with Crippen LogP contribution in [-0.2, 0) is 0 Å². The molecule has 25 heavy (non-hydrogen) atoms. The lowest BCUT2D eigenvalue weighted by Gasteiger charge is -2.09. The smallest absolute Gasteiger partial charge is 0.251 e. The molecule has 0 atom stereocenters. The zero-order valence-corrected chi connectivity index (χ0v) is 15.0. The van der Waals surface area contributed by atoms with Gasteiger partial charge in [0.05, 0.1) is 15.7 Å². The van der Waals surface area contributed by atoms with Gasteiger partial charge in [0.25, 0.3) is 5.91 Å². The maximum atomic E-state index is 12.2. The van der Waals surface area contributed by atoms with Crippen molar-refractivity contribution in [2.45, 2.75) is 13.8 Å². The van der Waals surface area contributed by atoms with Crippen LogP contribution in [0.2, 0.25) is 0 Å². The van der Waals surface area contributed by atoms with E-state index in [0.717, 1.165) is 28.3 Å². The molecule has 0 spiro atoms. The van der Waals surface area contributed by atoms with Crippen molar-refractivity contribution >= 4 is 39.2 Å². The summed E-state index contributed by atoms with van der Waals surface area (Å²) in [6, 6.07) is 7.41. The average molecular weight is 356 g/mol. The molecule has 0 aliphatic heterocycles. The van der Waals surface area contributed by atoms with Crippen molar-refractivity contribution < 1.29 is 4.79 Å². The number of amides is 1. The third-order valence-electron chi connectivity index (χ3n) is 3.50. The Morgan fingerprint density at radius 2 is 2.04 bits per heavy atom. The first kappa shape index (κ1) is 17.1. The Hall–Kier alpha value is -2.74. The largest absolute Gasteiger partial charge is 0.370 e. The summed E-state index contributed by atoms with van der Waals surface area (Å²) in [4.78, 5) is 25.1. The van der Waals surface area contributed by atoms with E-state index in [4.69, 9.17) is 0 Å². The lowest BCUT2D eigenvalue weighted by Crippen LogP contribution is -2.29. The molecule has 2 heterocycles. The summed E-state index contributed by atoms with van der Waals surface area (Å²) in [6.07, 6.45) is 0. The van der Waals surface area contributed by atoms with Gasteiger partial charge < -0.3 is 16.0 Å². The Morgan fingerprint density at radius 3 is 2.88 bits per heavy atom. The summed E-state index contributed by atoms with van der Waals surface area (Å²) in [5.41, 5.74) is 4.21. The molecule has 1 aromatic carbocycles. The van der Waals surface area contributed by atoms with Gasteiger partial charge in [-0.2, -0.15) is 4.98 Å². The van der Waals surface area contributed by atoms with E-state index < -0.39 is 0 Å². The van der Waals surface area contributed by atoms with Crippen molar-refractivity contribution in [3.63, 3.8) is 0 Å². The highest BCUT2D eigenvalue weighted by Gasteiger charge is 2.07. The van der Waals surface area contributed by atoms with E-state index in [9.17, 15) is 4.79 Å². The molecule has 130 valence electrons. The minimum Gasteiger partial charge on any atom is -0.370 e. The molecule has 0 saturated heterocycles. The van der Waals surface area contributed by atoms with Gasteiger partial charge in [0.15, 0.2) is 0 Å². The van der Waals surface area contributed by atoms with Gasteiger partial charge >= 0.3 is 0 Å². The number of benzene rings is 1. The first-order chi connectivity index (χ1) is 12.2. The van der Waals surface area contributed by atoms with Gasteiger partial charge in [-0.05, 0) is 32.0 Å². The number of nitrogens with zero attached hydrogens (tertiary/aromatic N) is 3. The number of carbonyl (C=O) groups excluding carboxylic acids is 1. The van der Waals surface area contributed by atoms with Gasteiger partial charge in [0.2, 0.25) is 5.95 Å². The molecular formula is C17H20N6OS. The number of aryl methyl sites for hydroxylation is 1. The van der Waals surface area contributed by atoms with E-state index in [1.165, 1.54) is 11.3 Å². The first-order valence-corrected chi connectivity index (χ1v) is 8.98. The number of aromatic nitrogens is 3. The summed E-state index contributed by atoms with van der Waals surface area (Å²) >= 11 is 1.53. The highest BCUT2D eigenvalue weighted by molar-refractivity contribution is 7.16. The summed E-state index contributed by atoms with van der Waals surface area (Å²) in [5, 5.41) is 9.19. The summed E-state index contributed by atoms with van der Waals surface area (Å²) in [7, 11) is 0. The normalized spacial score (nSPS) is 10.6. The molecule has 7 nitrogen and oxygen atoms in total. The molecule has 3 aromatic rings. The van der Waals surface area contributed by atoms with E-state index in [1.54, 1.807) is 11.6 Å². The quantitative estimate of drug-likeness (QED) is 0.564. The number of thiazole rings is 1. The van der Waals surface area contributed by atoms with E-state index in [0.29, 0.717) is 24.6 Å². The number of rotatable bonds is 7. The van der Waals surface area contributed by atoms with E-state index in [1.807, 2.05) is 32.0 Å². The van der Waals surface area contributed by atoms with Crippen molar-refractivity contribution in [2.75, 3.05) is 30.3 Å². The van der Waals surface area contributed by atoms with Crippen LogP contribution >= 0.6 is 11.3 Å². The lowest BCUT2D eigenvalue weighted by atomic mass is 10.2. The topological polar surface area (TPSA) is 91.8 Å². The predicted octanol–water partition coefficient (Wildman–Crippen LogP) is 2.67. The number of hydrogen-bond acceptors (Lipinski definition) is 7. The summed E-state index contributed by atoms with van der Waals surface area (Å²) in [6.45, 7) is 5.77. The fourth-order valence-electron chi connectivity index (χ4n) is 2.37. The van der Waals surface area contributed by atoms with Gasteiger partial charge in [-0.1, -0.05) is 0 Å². The van der Waals surface area contributed by atoms with Gasteiger partial charge in [0.1, 0.15) is 5.82 Å². The monoisotopic (exact) mass is 356 g/mol. The zero-order chi connectivity index (χ0) is 17.6. The van der Waals surface area contributed by atoms with Crippen LogP contribution in [-0.4, -0.2) is 40.5 Å². The van der Waals surface area contributed by atoms with Gasteiger partial charge in [-0.3, -0.25) is 4.79 Å². The van der Waals surface area contributed by atoms with Gasteiger partial charge in [-0.25, -0.2) is 9.97 Å². The first-order valence-electron chi connectivity index (χ1n) is 8.10. The highest BCUT2D eigenvalue weighted by atomic mass is 32.1. The third kappa shape index (κ3) is 4.42. The molecule has 0 radical (unpaired) electrons. The summed E-state index contributed by atoms with van der Waals surface area (Å²) in [5.74, 6) is 1.24. The molecule has 0 aliphatic carbocycles. The van der Waals surface area contributed by atoms with Crippen molar-refractivity contribution in [2.24, 2.45) is 0 Å². The van der Waals surface area contributed by atoms with Crippen LogP contribution in [0, 0.1) is 6.92 Å². The summed E-state index contributed by atoms with van der Waals surface area (Å²) < 4.78 is 1.01. The second kappa shape index (κ2) is 7.89. The highest BCUT2D eigenvalue weighted by Crippen LogP contribution is 2.18. The fraction of sp³-hybridized carbons (Fsp3) is 0.294. The number of fused-ring (bicyclic) bond motifs is 1. The SMILES string of the molecule is CCNc1cc(C)nc(NCCNC(=O)c2ccc3ncsc3c2)n1. The Labute approximate surface area is 149 Å². The Kier molecular flexibility index (Phi) is 5.39. The molecule has 0 unspecified atom stereocenters. The van der Waals surface area contributed by atoms with E-state index >= 15 is 0 Å². The molecule has 0 bridgehead atoms. The van der Waals surface area contributed by atoms with E-state index in [2.05, 4.69) is 30.9 Å². The van der Waals surface area contributed by atoms with Gasteiger partial charge in [0, 0.05) is 37.0 Å². The van der Waals surface area contributed by atoms with Crippen LogP contribution in [0.15, 0.2) is 29.8 Å². The maximum absolute atomic E-state index is 12.2. The molecule has 0 saturated carbocycles. The Morgan fingerprint density at radius 1 is 1.16 bits per heavy atom. The van der Waals surface area contributed by atoms with Crippen LogP contribution in [0.25, 0.3) is 10.2 Å². The maximum Gasteiger partial charge on any atom is 0.251 e. The van der Waals surface area contributed by atoms with Crippen molar-refractivity contribution in [1.29, 1.82) is 0 Å². The average Bonchev–Trinajstić information content (AvgIpc) is 3.06. The van der Waals surface area contributed by atoms with Crippen molar-refractivity contribution in [1.82, 2.24) is 20.3 Å². The molecule has 8 heteroatoms. The number of hydrogen-bond donors (Lipinski definition) is 3. The van der Waals surface area contributed by atoms with Crippen LogP contribution < -0.4 is 16.0 Å². The molecular weight excluding hydrogens is 336 g/mol. The van der Waals surface area contributed by atoms with Crippen LogP contribution in [0.1, 0.15) is 23.0 Å². The Balaban J connectivity index is 1.51. The predicted molar refractivity (Wildman–Crippen MR) is 101 cm³/mol. The third-order valence-corrected chi connectivity index (χ3v) is 4.29. The molecule has 3 N–H and O–H groups in total. The lowest BCUT2D eigenvalue weighted by molar-refractivity contribution is 0.0955. The second-order valence-electron chi connectivity index (χ2n) is 5.47. The minimum absolute atomic E-state index is 0.101. The number of anilines is 2. The number of carbonyl (C=O) groups is 1. The van der Waals surface area contributed by atoms with Crippen LogP contribution in [0.3, 0.4) is 0 Å². The molecule has 0 aliphatic rings. The van der Waals surface area contributed by atoms with Crippen molar-refractivity contribution in [3.8, 4) is 0 Å². The molecule has 0 fully saturated rings. The van der Waals surface area contributed by atoms with Crippen LogP contribution in [0.5, 0.6) is 0 Å². The standard InChI is InChI=1S/C17H20N6OS/c1-3-18-15-8-11(2)22-17(23-15)20-7-6-19-16(24)12-4-5-13-14(9-12)25-10-21-13/h4-5,8-10H,3,6-7H2,1-2H3,(H,19,24)(H2,18,20,22,23). The Bertz CT molecular complexity index is 878. The fourth-order valence-corrected chi connectivity index (χ4v) is 3.08. The van der Waals surface area contributed by atoms with Crippen LogP contribution in [0.4, 0.5) is 11.8 Å².